The Bertz CT molecular complexity index is 772. The molecule has 0 amide bonds. The molecule has 0 aliphatic rings. The molecule has 0 unspecified atom stereocenters. The van der Waals surface area contributed by atoms with E-state index in [4.69, 9.17) is 23.2 Å². The zero-order chi connectivity index (χ0) is 16.1. The third kappa shape index (κ3) is 4.10. The van der Waals surface area contributed by atoms with Crippen molar-refractivity contribution in [1.29, 1.82) is 0 Å². The lowest BCUT2D eigenvalue weighted by molar-refractivity contribution is 0.655. The number of benzene rings is 2. The molecule has 0 saturated carbocycles. The maximum absolute atomic E-state index is 6.21. The first-order valence-electron chi connectivity index (χ1n) is 7.27. The van der Waals surface area contributed by atoms with E-state index in [0.29, 0.717) is 23.1 Å². The van der Waals surface area contributed by atoms with Gasteiger partial charge in [0.25, 0.3) is 0 Å². The van der Waals surface area contributed by atoms with Crippen LogP contribution in [0.2, 0.25) is 10.0 Å². The highest BCUT2D eigenvalue weighted by molar-refractivity contribution is 6.42. The van der Waals surface area contributed by atoms with Crippen LogP contribution in [0.15, 0.2) is 55.1 Å². The summed E-state index contributed by atoms with van der Waals surface area (Å²) in [4.78, 5) is 3.98. The number of rotatable bonds is 6. The lowest BCUT2D eigenvalue weighted by Crippen LogP contribution is -2.15. The third-order valence-corrected chi connectivity index (χ3v) is 4.44. The molecule has 0 radical (unpaired) electrons. The van der Waals surface area contributed by atoms with Crippen molar-refractivity contribution >= 4 is 23.2 Å². The average molecular weight is 347 g/mol. The Morgan fingerprint density at radius 1 is 0.913 bits per heavy atom. The summed E-state index contributed by atoms with van der Waals surface area (Å²) < 4.78 is 1.81. The Morgan fingerprint density at radius 2 is 1.65 bits per heavy atom. The van der Waals surface area contributed by atoms with Gasteiger partial charge in [-0.2, -0.15) is 5.10 Å². The second kappa shape index (κ2) is 7.59. The summed E-state index contributed by atoms with van der Waals surface area (Å²) in [7, 11) is 0. The van der Waals surface area contributed by atoms with Crippen LogP contribution in [-0.4, -0.2) is 14.8 Å². The van der Waals surface area contributed by atoms with Crippen molar-refractivity contribution in [2.24, 2.45) is 0 Å². The number of aromatic nitrogens is 3. The van der Waals surface area contributed by atoms with Crippen molar-refractivity contribution in [2.75, 3.05) is 0 Å². The Labute approximate surface area is 145 Å². The molecule has 0 spiro atoms. The van der Waals surface area contributed by atoms with Gasteiger partial charge in [0, 0.05) is 13.1 Å². The first-order valence-corrected chi connectivity index (χ1v) is 8.02. The summed E-state index contributed by atoms with van der Waals surface area (Å²) in [6.45, 7) is 2.11. The Morgan fingerprint density at radius 3 is 2.43 bits per heavy atom. The van der Waals surface area contributed by atoms with Crippen molar-refractivity contribution in [1.82, 2.24) is 20.1 Å². The predicted molar refractivity (Wildman–Crippen MR) is 92.6 cm³/mol. The fraction of sp³-hybridized carbons (Fsp3) is 0.176. The van der Waals surface area contributed by atoms with E-state index in [2.05, 4.69) is 27.5 Å². The van der Waals surface area contributed by atoms with E-state index in [9.17, 15) is 0 Å². The van der Waals surface area contributed by atoms with Gasteiger partial charge in [-0.3, -0.25) is 0 Å². The van der Waals surface area contributed by atoms with Crippen LogP contribution in [0.1, 0.15) is 16.7 Å². The quantitative estimate of drug-likeness (QED) is 0.735. The number of nitrogens with one attached hydrogen (secondary N) is 1. The normalized spacial score (nSPS) is 10.9. The standard InChI is InChI=1S/C17H16Cl2N4/c18-16-7-3-6-14(17(16)19)9-20-8-13-4-1-2-5-15(13)10-23-12-21-11-22-23/h1-7,11-12,20H,8-10H2. The van der Waals surface area contributed by atoms with Crippen LogP contribution in [0, 0.1) is 0 Å². The van der Waals surface area contributed by atoms with Gasteiger partial charge in [0.05, 0.1) is 16.6 Å². The van der Waals surface area contributed by atoms with E-state index in [-0.39, 0.29) is 0 Å². The van der Waals surface area contributed by atoms with Gasteiger partial charge in [0.1, 0.15) is 12.7 Å². The fourth-order valence-corrected chi connectivity index (χ4v) is 2.78. The van der Waals surface area contributed by atoms with Gasteiger partial charge in [0.2, 0.25) is 0 Å². The van der Waals surface area contributed by atoms with Crippen LogP contribution in [0.5, 0.6) is 0 Å². The smallest absolute Gasteiger partial charge is 0.137 e. The van der Waals surface area contributed by atoms with Gasteiger partial charge >= 0.3 is 0 Å². The van der Waals surface area contributed by atoms with Crippen molar-refractivity contribution < 1.29 is 0 Å². The van der Waals surface area contributed by atoms with Crippen molar-refractivity contribution in [2.45, 2.75) is 19.6 Å². The molecule has 0 saturated heterocycles. The Balaban J connectivity index is 1.65. The molecule has 0 bridgehead atoms. The van der Waals surface area contributed by atoms with Gasteiger partial charge < -0.3 is 5.32 Å². The summed E-state index contributed by atoms with van der Waals surface area (Å²) in [6.07, 6.45) is 3.26. The molecule has 0 fully saturated rings. The maximum Gasteiger partial charge on any atom is 0.137 e. The predicted octanol–water partition coefficient (Wildman–Crippen LogP) is 3.92. The van der Waals surface area contributed by atoms with Crippen LogP contribution in [0.25, 0.3) is 0 Å². The van der Waals surface area contributed by atoms with Gasteiger partial charge in [-0.15, -0.1) is 0 Å². The highest BCUT2D eigenvalue weighted by atomic mass is 35.5. The minimum atomic E-state index is 0.581. The van der Waals surface area contributed by atoms with Crippen molar-refractivity contribution in [3.8, 4) is 0 Å². The molecule has 0 aliphatic heterocycles. The second-order valence-corrected chi connectivity index (χ2v) is 5.96. The van der Waals surface area contributed by atoms with E-state index in [0.717, 1.165) is 12.1 Å². The van der Waals surface area contributed by atoms with Gasteiger partial charge in [0.15, 0.2) is 0 Å². The zero-order valence-corrected chi connectivity index (χ0v) is 13.9. The maximum atomic E-state index is 6.21. The number of hydrogen-bond acceptors (Lipinski definition) is 3. The molecule has 3 aromatic rings. The fourth-order valence-electron chi connectivity index (χ4n) is 2.39. The minimum Gasteiger partial charge on any atom is -0.309 e. The number of hydrogen-bond donors (Lipinski definition) is 1. The van der Waals surface area contributed by atoms with Crippen LogP contribution < -0.4 is 5.32 Å². The Kier molecular flexibility index (Phi) is 5.28. The van der Waals surface area contributed by atoms with E-state index in [1.54, 1.807) is 18.7 Å². The number of halogens is 2. The third-order valence-electron chi connectivity index (χ3n) is 3.58. The number of nitrogens with zero attached hydrogens (tertiary/aromatic N) is 3. The van der Waals surface area contributed by atoms with Crippen molar-refractivity contribution in [3.63, 3.8) is 0 Å². The van der Waals surface area contributed by atoms with Crippen LogP contribution in [-0.2, 0) is 19.6 Å². The summed E-state index contributed by atoms with van der Waals surface area (Å²) >= 11 is 12.2. The van der Waals surface area contributed by atoms with E-state index in [1.165, 1.54) is 11.1 Å². The second-order valence-electron chi connectivity index (χ2n) is 5.18. The van der Waals surface area contributed by atoms with Gasteiger partial charge in [-0.05, 0) is 22.8 Å². The lowest BCUT2D eigenvalue weighted by Gasteiger charge is -2.11. The molecule has 0 aliphatic carbocycles. The van der Waals surface area contributed by atoms with Gasteiger partial charge in [-0.25, -0.2) is 9.67 Å². The van der Waals surface area contributed by atoms with Crippen LogP contribution >= 0.6 is 23.2 Å². The van der Waals surface area contributed by atoms with E-state index < -0.39 is 0 Å². The molecule has 2 aromatic carbocycles. The highest BCUT2D eigenvalue weighted by Crippen LogP contribution is 2.25. The van der Waals surface area contributed by atoms with Crippen molar-refractivity contribution in [3.05, 3.63) is 81.9 Å². The molecular weight excluding hydrogens is 331 g/mol. The molecule has 4 nitrogen and oxygen atoms in total. The lowest BCUT2D eigenvalue weighted by atomic mass is 10.1. The molecular formula is C17H16Cl2N4. The molecule has 1 aromatic heterocycles. The monoisotopic (exact) mass is 346 g/mol. The first kappa shape index (κ1) is 16.0. The summed E-state index contributed by atoms with van der Waals surface area (Å²) in [5, 5.41) is 8.76. The molecule has 118 valence electrons. The molecule has 1 N–H and O–H groups in total. The molecule has 3 rings (SSSR count). The van der Waals surface area contributed by atoms with Crippen LogP contribution in [0.4, 0.5) is 0 Å². The SMILES string of the molecule is Clc1cccc(CNCc2ccccc2Cn2cncn2)c1Cl. The largest absolute Gasteiger partial charge is 0.309 e. The topological polar surface area (TPSA) is 42.7 Å². The summed E-state index contributed by atoms with van der Waals surface area (Å²) in [5.41, 5.74) is 3.43. The zero-order valence-electron chi connectivity index (χ0n) is 12.4. The molecule has 0 atom stereocenters. The van der Waals surface area contributed by atoms with E-state index in [1.807, 2.05) is 28.9 Å². The summed E-state index contributed by atoms with van der Waals surface area (Å²) in [5.74, 6) is 0. The van der Waals surface area contributed by atoms with E-state index >= 15 is 0 Å². The molecule has 23 heavy (non-hydrogen) atoms. The van der Waals surface area contributed by atoms with Crippen LogP contribution in [0.3, 0.4) is 0 Å². The van der Waals surface area contributed by atoms with Gasteiger partial charge in [-0.1, -0.05) is 59.6 Å². The highest BCUT2D eigenvalue weighted by Gasteiger charge is 2.06. The Hall–Kier alpha value is -1.88. The molecule has 1 heterocycles. The minimum absolute atomic E-state index is 0.581. The average Bonchev–Trinajstić information content (AvgIpc) is 3.06. The molecule has 6 heteroatoms. The summed E-state index contributed by atoms with van der Waals surface area (Å²) in [6, 6.07) is 14.0. The first-order chi connectivity index (χ1) is 11.2.